The van der Waals surface area contributed by atoms with Crippen molar-refractivity contribution in [2.75, 3.05) is 11.5 Å². The molecule has 0 N–H and O–H groups in total. The first-order chi connectivity index (χ1) is 26.8. The van der Waals surface area contributed by atoms with Gasteiger partial charge in [-0.15, -0.1) is 0 Å². The SMILES string of the molecule is CCOC(=O)C1=C(C)N=c2s/c(=C/C34c5ccccc5C(c5ccccc53)[C@@H]3C(=O)N(c5ccccc5Cl)C(=O)[C@@H]34)c(=O)n2[C@H]1c1cccc2ccccc12. The monoisotopic (exact) mass is 761 g/mol. The Hall–Kier alpha value is -5.90. The molecule has 1 saturated heterocycles. The Morgan fingerprint density at radius 1 is 0.836 bits per heavy atom. The molecular weight excluding hydrogens is 730 g/mol. The molecule has 2 bridgehead atoms. The van der Waals surface area contributed by atoms with Crippen LogP contribution in [0.25, 0.3) is 16.8 Å². The summed E-state index contributed by atoms with van der Waals surface area (Å²) < 4.78 is 7.52. The first-order valence-corrected chi connectivity index (χ1v) is 19.4. The zero-order valence-corrected chi connectivity index (χ0v) is 31.3. The molecule has 0 saturated carbocycles. The molecule has 2 amide bonds. The van der Waals surface area contributed by atoms with Crippen LogP contribution < -0.4 is 19.8 Å². The minimum absolute atomic E-state index is 0.158. The summed E-state index contributed by atoms with van der Waals surface area (Å²) in [4.78, 5) is 65.3. The lowest BCUT2D eigenvalue weighted by molar-refractivity contribution is -0.139. The molecule has 1 aromatic heterocycles. The largest absolute Gasteiger partial charge is 0.463 e. The number of benzene rings is 5. The van der Waals surface area contributed by atoms with E-state index in [0.717, 1.165) is 38.6 Å². The maximum Gasteiger partial charge on any atom is 0.338 e. The number of allylic oxidation sites excluding steroid dienone is 1. The predicted molar refractivity (Wildman–Crippen MR) is 212 cm³/mol. The highest BCUT2D eigenvalue weighted by Crippen LogP contribution is 2.65. The molecule has 5 aromatic carbocycles. The van der Waals surface area contributed by atoms with E-state index in [1.165, 1.54) is 16.2 Å². The fourth-order valence-electron chi connectivity index (χ4n) is 9.73. The maximum absolute atomic E-state index is 15.2. The number of fused-ring (bicyclic) bond motifs is 2. The Bertz CT molecular complexity index is 2860. The number of anilines is 1. The fourth-order valence-corrected chi connectivity index (χ4v) is 11.0. The number of esters is 1. The van der Waals surface area contributed by atoms with Crippen molar-refractivity contribution in [3.05, 3.63) is 179 Å². The number of carbonyl (C=O) groups excluding carboxylic acids is 3. The van der Waals surface area contributed by atoms with Gasteiger partial charge in [0.2, 0.25) is 11.8 Å². The third-order valence-corrected chi connectivity index (χ3v) is 13.1. The molecule has 55 heavy (non-hydrogen) atoms. The van der Waals surface area contributed by atoms with Gasteiger partial charge in [0.1, 0.15) is 0 Å². The maximum atomic E-state index is 15.2. The molecule has 3 atom stereocenters. The highest BCUT2D eigenvalue weighted by Gasteiger charge is 2.67. The highest BCUT2D eigenvalue weighted by molar-refractivity contribution is 7.07. The van der Waals surface area contributed by atoms with E-state index in [1.54, 1.807) is 42.7 Å². The molecule has 1 fully saturated rings. The number of imide groups is 1. The third kappa shape index (κ3) is 4.54. The fraction of sp³-hybridized carbons (Fsp3) is 0.178. The summed E-state index contributed by atoms with van der Waals surface area (Å²) in [6.45, 7) is 3.68. The van der Waals surface area contributed by atoms with E-state index >= 15 is 9.59 Å². The van der Waals surface area contributed by atoms with Crippen molar-refractivity contribution < 1.29 is 19.1 Å². The van der Waals surface area contributed by atoms with Crippen LogP contribution in [0.4, 0.5) is 5.69 Å². The van der Waals surface area contributed by atoms with Gasteiger partial charge in [-0.1, -0.05) is 126 Å². The van der Waals surface area contributed by atoms with Crippen LogP contribution in [0.2, 0.25) is 5.02 Å². The quantitative estimate of drug-likeness (QED) is 0.142. The van der Waals surface area contributed by atoms with E-state index < -0.39 is 29.3 Å². The topological polar surface area (TPSA) is 98.0 Å². The van der Waals surface area contributed by atoms with E-state index in [2.05, 4.69) is 0 Å². The third-order valence-electron chi connectivity index (χ3n) is 11.8. The van der Waals surface area contributed by atoms with E-state index in [-0.39, 0.29) is 35.5 Å². The smallest absolute Gasteiger partial charge is 0.338 e. The molecule has 0 radical (unpaired) electrons. The molecule has 8 nitrogen and oxygen atoms in total. The Morgan fingerprint density at radius 3 is 2.20 bits per heavy atom. The van der Waals surface area contributed by atoms with Gasteiger partial charge in [-0.2, -0.15) is 0 Å². The second kappa shape index (κ2) is 12.3. The van der Waals surface area contributed by atoms with Gasteiger partial charge >= 0.3 is 5.97 Å². The molecule has 270 valence electrons. The van der Waals surface area contributed by atoms with Crippen LogP contribution in [-0.4, -0.2) is 29.0 Å². The summed E-state index contributed by atoms with van der Waals surface area (Å²) in [6, 6.07) is 35.7. The Labute approximate surface area is 324 Å². The number of hydrogen-bond acceptors (Lipinski definition) is 7. The summed E-state index contributed by atoms with van der Waals surface area (Å²) in [5, 5.41) is 2.16. The lowest BCUT2D eigenvalue weighted by atomic mass is 9.47. The zero-order valence-electron chi connectivity index (χ0n) is 29.7. The van der Waals surface area contributed by atoms with Crippen LogP contribution in [-0.2, 0) is 24.5 Å². The van der Waals surface area contributed by atoms with Gasteiger partial charge in [0.15, 0.2) is 4.80 Å². The first kappa shape index (κ1) is 33.7. The summed E-state index contributed by atoms with van der Waals surface area (Å²) in [6.07, 6.45) is 1.91. The zero-order chi connectivity index (χ0) is 37.7. The van der Waals surface area contributed by atoms with Gasteiger partial charge in [0.25, 0.3) is 5.56 Å². The van der Waals surface area contributed by atoms with Gasteiger partial charge in [0.05, 0.1) is 56.4 Å². The van der Waals surface area contributed by atoms with Crippen molar-refractivity contribution in [3.63, 3.8) is 0 Å². The van der Waals surface area contributed by atoms with E-state index in [1.807, 2.05) is 97.1 Å². The molecule has 0 unspecified atom stereocenters. The Morgan fingerprint density at radius 2 is 1.47 bits per heavy atom. The minimum atomic E-state index is -1.20. The van der Waals surface area contributed by atoms with Gasteiger partial charge in [0, 0.05) is 5.92 Å². The van der Waals surface area contributed by atoms with Crippen molar-refractivity contribution in [2.24, 2.45) is 16.8 Å². The number of carbonyl (C=O) groups is 3. The van der Waals surface area contributed by atoms with Gasteiger partial charge in [-0.3, -0.25) is 19.0 Å². The second-order valence-electron chi connectivity index (χ2n) is 14.4. The average Bonchev–Trinajstić information content (AvgIpc) is 3.65. The molecule has 6 aromatic rings. The first-order valence-electron chi connectivity index (χ1n) is 18.3. The lowest BCUT2D eigenvalue weighted by Crippen LogP contribution is -2.53. The van der Waals surface area contributed by atoms with Crippen molar-refractivity contribution in [2.45, 2.75) is 31.2 Å². The lowest BCUT2D eigenvalue weighted by Gasteiger charge is -2.53. The number of ether oxygens (including phenoxy) is 1. The number of amides is 2. The average molecular weight is 762 g/mol. The van der Waals surface area contributed by atoms with Crippen molar-refractivity contribution >= 4 is 63.3 Å². The summed E-state index contributed by atoms with van der Waals surface area (Å²) in [5.41, 5.74) is 3.94. The molecular formula is C45H32ClN3O5S. The van der Waals surface area contributed by atoms with Gasteiger partial charge < -0.3 is 4.74 Å². The van der Waals surface area contributed by atoms with Crippen molar-refractivity contribution in [1.82, 2.24) is 4.57 Å². The summed E-state index contributed by atoms with van der Waals surface area (Å²) in [7, 11) is 0. The molecule has 2 aliphatic heterocycles. The normalized spacial score (nSPS) is 23.7. The van der Waals surface area contributed by atoms with Gasteiger partial charge in [-0.05, 0) is 70.6 Å². The van der Waals surface area contributed by atoms with Crippen LogP contribution in [0.15, 0.2) is 136 Å². The van der Waals surface area contributed by atoms with Crippen LogP contribution in [0.1, 0.15) is 53.6 Å². The molecule has 5 aliphatic rings. The van der Waals surface area contributed by atoms with E-state index in [0.29, 0.717) is 25.7 Å². The number of para-hydroxylation sites is 1. The molecule has 0 spiro atoms. The second-order valence-corrected chi connectivity index (χ2v) is 15.8. The van der Waals surface area contributed by atoms with E-state index in [9.17, 15) is 9.59 Å². The van der Waals surface area contributed by atoms with Crippen LogP contribution in [0.3, 0.4) is 0 Å². The van der Waals surface area contributed by atoms with Crippen LogP contribution in [0.5, 0.6) is 0 Å². The number of nitrogens with zero attached hydrogens (tertiary/aromatic N) is 3. The van der Waals surface area contributed by atoms with Crippen molar-refractivity contribution in [3.8, 4) is 0 Å². The minimum Gasteiger partial charge on any atom is -0.463 e. The number of aromatic nitrogens is 1. The summed E-state index contributed by atoms with van der Waals surface area (Å²) >= 11 is 7.88. The Kier molecular flexibility index (Phi) is 7.53. The molecule has 11 rings (SSSR count). The standard InChI is InChI=1S/C45H32ClN3O5S/c1-3-54-43(53)35-24(2)47-44-49(39(35)27-18-12-14-25-13-4-5-15-26(25)27)40(50)34(55-44)23-45-30-19-8-6-16-28(30)36(29-17-7-9-20-31(29)45)37-38(45)42(52)48(41(37)51)33-22-11-10-21-32(33)46/h4-23,36-39H,3H2,1-2H3/b34-23+/t36?,37-,38+,39-,45?/m0/s1. The molecule has 10 heteroatoms. The number of thiazole rings is 1. The van der Waals surface area contributed by atoms with Gasteiger partial charge in [-0.25, -0.2) is 14.7 Å². The Balaban J connectivity index is 1.27. The van der Waals surface area contributed by atoms with E-state index in [4.69, 9.17) is 21.3 Å². The molecule has 3 aliphatic carbocycles. The van der Waals surface area contributed by atoms with Crippen LogP contribution >= 0.6 is 22.9 Å². The highest BCUT2D eigenvalue weighted by atomic mass is 35.5. The predicted octanol–water partition coefficient (Wildman–Crippen LogP) is 6.81. The number of halogens is 1. The molecule has 3 heterocycles. The number of rotatable bonds is 5. The van der Waals surface area contributed by atoms with Crippen molar-refractivity contribution in [1.29, 1.82) is 0 Å². The van der Waals surface area contributed by atoms with Crippen LogP contribution in [0, 0.1) is 11.8 Å². The number of hydrogen-bond donors (Lipinski definition) is 0. The summed E-state index contributed by atoms with van der Waals surface area (Å²) in [5.74, 6) is -3.21.